The highest BCUT2D eigenvalue weighted by Gasteiger charge is 2.42. The minimum atomic E-state index is -3.74. The average Bonchev–Trinajstić information content (AvgIpc) is 2.86. The molecular formula is C16H19NO5S2. The van der Waals surface area contributed by atoms with Crippen LogP contribution < -0.4 is 10.5 Å². The van der Waals surface area contributed by atoms with E-state index in [-0.39, 0.29) is 10.6 Å². The standard InChI is InChI=1S/C16H19NO5S2/c17-9-10-22-12-5-7-13(8-6-12)24(20,21)16-11-23(18,19)15-4-2-1-3-14(15)16/h1-8,16,18-19H,9-11,17H2. The highest BCUT2D eigenvalue weighted by molar-refractivity contribution is 8.25. The van der Waals surface area contributed by atoms with Crippen molar-refractivity contribution < 1.29 is 22.3 Å². The lowest BCUT2D eigenvalue weighted by molar-refractivity contribution is 0.328. The van der Waals surface area contributed by atoms with Crippen molar-refractivity contribution in [2.75, 3.05) is 18.9 Å². The Kier molecular flexibility index (Phi) is 4.58. The van der Waals surface area contributed by atoms with E-state index in [4.69, 9.17) is 10.5 Å². The molecule has 0 amide bonds. The Bertz CT molecular complexity index is 834. The summed E-state index contributed by atoms with van der Waals surface area (Å²) < 4.78 is 51.6. The van der Waals surface area contributed by atoms with E-state index in [1.54, 1.807) is 36.4 Å². The molecule has 1 unspecified atom stereocenters. The van der Waals surface area contributed by atoms with Gasteiger partial charge in [0.2, 0.25) is 0 Å². The Morgan fingerprint density at radius 3 is 2.46 bits per heavy atom. The number of ether oxygens (including phenoxy) is 1. The molecular weight excluding hydrogens is 350 g/mol. The van der Waals surface area contributed by atoms with Crippen molar-refractivity contribution in [3.8, 4) is 5.75 Å². The maximum Gasteiger partial charge on any atom is 0.187 e. The summed E-state index contributed by atoms with van der Waals surface area (Å²) >= 11 is 0. The lowest BCUT2D eigenvalue weighted by Crippen LogP contribution is -2.15. The minimum Gasteiger partial charge on any atom is -0.492 e. The van der Waals surface area contributed by atoms with Gasteiger partial charge in [-0.25, -0.2) is 8.42 Å². The number of sulfone groups is 1. The van der Waals surface area contributed by atoms with Crippen LogP contribution in [0.15, 0.2) is 58.3 Å². The summed E-state index contributed by atoms with van der Waals surface area (Å²) in [6, 6.07) is 12.7. The predicted molar refractivity (Wildman–Crippen MR) is 93.3 cm³/mol. The second kappa shape index (κ2) is 6.38. The molecule has 0 spiro atoms. The lowest BCUT2D eigenvalue weighted by Gasteiger charge is -2.27. The number of fused-ring (bicyclic) bond motifs is 1. The van der Waals surface area contributed by atoms with Crippen LogP contribution in [0.1, 0.15) is 10.8 Å². The highest BCUT2D eigenvalue weighted by atomic mass is 32.3. The van der Waals surface area contributed by atoms with Crippen LogP contribution in [0.5, 0.6) is 5.75 Å². The molecule has 0 saturated heterocycles. The van der Waals surface area contributed by atoms with E-state index in [0.717, 1.165) is 0 Å². The van der Waals surface area contributed by atoms with Gasteiger partial charge in [0.1, 0.15) is 17.6 Å². The molecule has 4 N–H and O–H groups in total. The second-order valence-corrected chi connectivity index (χ2v) is 9.75. The molecule has 24 heavy (non-hydrogen) atoms. The van der Waals surface area contributed by atoms with E-state index in [1.165, 1.54) is 12.1 Å². The van der Waals surface area contributed by atoms with Gasteiger partial charge in [-0.3, -0.25) is 9.11 Å². The first-order valence-corrected chi connectivity index (χ1v) is 10.6. The van der Waals surface area contributed by atoms with E-state index in [9.17, 15) is 17.5 Å². The quantitative estimate of drug-likeness (QED) is 0.747. The first kappa shape index (κ1) is 17.2. The first-order valence-electron chi connectivity index (χ1n) is 7.38. The van der Waals surface area contributed by atoms with E-state index < -0.39 is 25.7 Å². The van der Waals surface area contributed by atoms with E-state index in [2.05, 4.69) is 0 Å². The smallest absolute Gasteiger partial charge is 0.187 e. The number of rotatable bonds is 5. The van der Waals surface area contributed by atoms with Crippen LogP contribution in [0.25, 0.3) is 0 Å². The molecule has 8 heteroatoms. The maximum absolute atomic E-state index is 12.9. The second-order valence-electron chi connectivity index (χ2n) is 5.51. The summed E-state index contributed by atoms with van der Waals surface area (Å²) in [6.45, 7) is 0.722. The van der Waals surface area contributed by atoms with E-state index in [1.807, 2.05) is 0 Å². The third-order valence-electron chi connectivity index (χ3n) is 3.92. The Labute approximate surface area is 142 Å². The molecule has 0 radical (unpaired) electrons. The molecule has 1 atom stereocenters. The molecule has 3 rings (SSSR count). The van der Waals surface area contributed by atoms with Crippen LogP contribution in [-0.2, 0) is 9.84 Å². The van der Waals surface area contributed by atoms with Crippen LogP contribution in [0, 0.1) is 0 Å². The van der Waals surface area contributed by atoms with Crippen LogP contribution >= 0.6 is 10.6 Å². The molecule has 1 aliphatic heterocycles. The van der Waals surface area contributed by atoms with Crippen LogP contribution in [0.4, 0.5) is 0 Å². The summed E-state index contributed by atoms with van der Waals surface area (Å²) in [7, 11) is -6.82. The first-order chi connectivity index (χ1) is 11.4. The van der Waals surface area contributed by atoms with Crippen molar-refractivity contribution in [3.63, 3.8) is 0 Å². The van der Waals surface area contributed by atoms with Crippen molar-refractivity contribution in [1.82, 2.24) is 0 Å². The normalized spacial score (nSPS) is 20.4. The number of hydrogen-bond acceptors (Lipinski definition) is 6. The van der Waals surface area contributed by atoms with Gasteiger partial charge in [0, 0.05) is 6.54 Å². The summed E-state index contributed by atoms with van der Waals surface area (Å²) in [4.78, 5) is 0.445. The van der Waals surface area contributed by atoms with Crippen molar-refractivity contribution in [3.05, 3.63) is 54.1 Å². The molecule has 1 aliphatic rings. The third-order valence-corrected chi connectivity index (χ3v) is 8.10. The van der Waals surface area contributed by atoms with Gasteiger partial charge >= 0.3 is 0 Å². The molecule has 130 valence electrons. The topological polar surface area (TPSA) is 110 Å². The number of nitrogens with two attached hydrogens (primary N) is 1. The number of benzene rings is 2. The Hall–Kier alpha value is -1.58. The summed E-state index contributed by atoms with van der Waals surface area (Å²) in [5.41, 5.74) is 5.82. The van der Waals surface area contributed by atoms with Crippen LogP contribution in [-0.4, -0.2) is 36.4 Å². The van der Waals surface area contributed by atoms with Crippen molar-refractivity contribution in [2.45, 2.75) is 15.0 Å². The minimum absolute atomic E-state index is 0.125. The molecule has 2 aromatic rings. The van der Waals surface area contributed by atoms with Crippen LogP contribution in [0.2, 0.25) is 0 Å². The van der Waals surface area contributed by atoms with Crippen molar-refractivity contribution in [2.24, 2.45) is 5.73 Å². The summed E-state index contributed by atoms with van der Waals surface area (Å²) in [5, 5.41) is -0.963. The van der Waals surface area contributed by atoms with Gasteiger partial charge in [-0.05, 0) is 35.9 Å². The van der Waals surface area contributed by atoms with Gasteiger partial charge in [0.05, 0.1) is 15.5 Å². The zero-order valence-electron chi connectivity index (χ0n) is 12.8. The molecule has 1 heterocycles. The molecule has 0 saturated carbocycles. The van der Waals surface area contributed by atoms with Crippen LogP contribution in [0.3, 0.4) is 0 Å². The van der Waals surface area contributed by atoms with Gasteiger partial charge in [-0.15, -0.1) is 0 Å². The highest BCUT2D eigenvalue weighted by Crippen LogP contribution is 2.61. The molecule has 0 aliphatic carbocycles. The van der Waals surface area contributed by atoms with Crippen molar-refractivity contribution in [1.29, 1.82) is 0 Å². The summed E-state index contributed by atoms with van der Waals surface area (Å²) in [5.74, 6) is 0.329. The molecule has 0 fully saturated rings. The molecule has 0 bridgehead atoms. The maximum atomic E-state index is 12.9. The molecule has 0 aromatic heterocycles. The zero-order chi connectivity index (χ0) is 17.4. The van der Waals surface area contributed by atoms with Gasteiger partial charge in [0.25, 0.3) is 0 Å². The van der Waals surface area contributed by atoms with Gasteiger partial charge in [-0.1, -0.05) is 18.2 Å². The Balaban J connectivity index is 1.94. The zero-order valence-corrected chi connectivity index (χ0v) is 14.5. The predicted octanol–water partition coefficient (Wildman–Crippen LogP) is 2.66. The van der Waals surface area contributed by atoms with Gasteiger partial charge < -0.3 is 10.5 Å². The lowest BCUT2D eigenvalue weighted by atomic mass is 10.2. The molecule has 2 aromatic carbocycles. The molecule has 6 nitrogen and oxygen atoms in total. The Morgan fingerprint density at radius 2 is 1.79 bits per heavy atom. The summed E-state index contributed by atoms with van der Waals surface area (Å²) in [6.07, 6.45) is 0. The van der Waals surface area contributed by atoms with Gasteiger partial charge in [-0.2, -0.15) is 10.6 Å². The van der Waals surface area contributed by atoms with E-state index >= 15 is 0 Å². The van der Waals surface area contributed by atoms with Gasteiger partial charge in [0.15, 0.2) is 9.84 Å². The number of hydrogen-bond donors (Lipinski definition) is 3. The average molecular weight is 369 g/mol. The Morgan fingerprint density at radius 1 is 1.12 bits per heavy atom. The third kappa shape index (κ3) is 3.03. The fraction of sp³-hybridized carbons (Fsp3) is 0.250. The van der Waals surface area contributed by atoms with Crippen molar-refractivity contribution >= 4 is 20.4 Å². The monoisotopic (exact) mass is 369 g/mol. The van der Waals surface area contributed by atoms with E-state index in [0.29, 0.717) is 29.4 Å². The fourth-order valence-corrected chi connectivity index (χ4v) is 7.17. The SMILES string of the molecule is NCCOc1ccc(S(=O)(=O)C2CS(O)(O)c3ccccc32)cc1. The largest absolute Gasteiger partial charge is 0.492 e. The fourth-order valence-electron chi connectivity index (χ4n) is 2.76.